The Bertz CT molecular complexity index is 1100. The molecular formula is C26H28N2O5. The lowest BCUT2D eigenvalue weighted by molar-refractivity contribution is 0.0733. The molecule has 0 saturated carbocycles. The van der Waals surface area contributed by atoms with Crippen molar-refractivity contribution in [1.29, 1.82) is 0 Å². The van der Waals surface area contributed by atoms with Crippen LogP contribution in [0.25, 0.3) is 11.1 Å². The van der Waals surface area contributed by atoms with Crippen LogP contribution in [-0.4, -0.2) is 56.9 Å². The Kier molecular flexibility index (Phi) is 7.43. The zero-order valence-electron chi connectivity index (χ0n) is 18.5. The maximum Gasteiger partial charge on any atom is 0.150 e. The van der Waals surface area contributed by atoms with Gasteiger partial charge in [-0.1, -0.05) is 36.1 Å². The largest absolute Gasteiger partial charge is 0.485 e. The molecule has 1 fully saturated rings. The van der Waals surface area contributed by atoms with Crippen molar-refractivity contribution < 1.29 is 24.8 Å². The molecule has 0 bridgehead atoms. The summed E-state index contributed by atoms with van der Waals surface area (Å²) in [6.07, 6.45) is 2.21. The maximum absolute atomic E-state index is 9.92. The van der Waals surface area contributed by atoms with Gasteiger partial charge in [0.1, 0.15) is 29.9 Å². The van der Waals surface area contributed by atoms with Crippen LogP contribution in [0.5, 0.6) is 5.75 Å². The molecule has 4 atom stereocenters. The molecule has 0 aliphatic carbocycles. The lowest BCUT2D eigenvalue weighted by atomic mass is 10.0. The second-order valence-corrected chi connectivity index (χ2v) is 8.03. The van der Waals surface area contributed by atoms with Crippen molar-refractivity contribution in [1.82, 2.24) is 9.55 Å². The highest BCUT2D eigenvalue weighted by atomic mass is 16.6. The van der Waals surface area contributed by atoms with Crippen molar-refractivity contribution >= 4 is 0 Å². The molecule has 1 aromatic heterocycles. The van der Waals surface area contributed by atoms with Gasteiger partial charge in [0.25, 0.3) is 0 Å². The molecular weight excluding hydrogens is 420 g/mol. The Morgan fingerprint density at radius 2 is 1.82 bits per heavy atom. The third-order valence-electron chi connectivity index (χ3n) is 5.55. The molecule has 3 N–H and O–H groups in total. The predicted molar refractivity (Wildman–Crippen MR) is 124 cm³/mol. The molecule has 2 aromatic carbocycles. The van der Waals surface area contributed by atoms with Gasteiger partial charge in [0, 0.05) is 31.0 Å². The number of hydrogen-bond acceptors (Lipinski definition) is 6. The Morgan fingerprint density at radius 3 is 2.42 bits per heavy atom. The number of benzene rings is 2. The minimum Gasteiger partial charge on any atom is -0.485 e. The number of nitrogens with zero attached hydrogens (tertiary/aromatic N) is 2. The molecule has 4 rings (SSSR count). The normalized spacial score (nSPS) is 19.5. The minimum atomic E-state index is -0.712. The molecule has 1 aliphatic heterocycles. The summed E-state index contributed by atoms with van der Waals surface area (Å²) in [5.41, 5.74) is 2.95. The quantitative estimate of drug-likeness (QED) is 0.481. The summed E-state index contributed by atoms with van der Waals surface area (Å²) in [6, 6.07) is 15.4. The first-order chi connectivity index (χ1) is 16.0. The Hall–Kier alpha value is -3.15. The number of aliphatic hydroxyl groups excluding tert-OH is 3. The number of aliphatic hydroxyl groups is 3. The summed E-state index contributed by atoms with van der Waals surface area (Å²) in [6.45, 7) is 2.35. The highest BCUT2D eigenvalue weighted by Crippen LogP contribution is 2.25. The van der Waals surface area contributed by atoms with Crippen LogP contribution in [0.4, 0.5) is 0 Å². The topological polar surface area (TPSA) is 97.0 Å². The highest BCUT2D eigenvalue weighted by Gasteiger charge is 2.27. The monoisotopic (exact) mass is 448 g/mol. The van der Waals surface area contributed by atoms with Gasteiger partial charge in [0.2, 0.25) is 0 Å². The van der Waals surface area contributed by atoms with Crippen molar-refractivity contribution in [3.8, 4) is 28.7 Å². The molecule has 7 heteroatoms. The van der Waals surface area contributed by atoms with Crippen molar-refractivity contribution in [3.63, 3.8) is 0 Å². The Morgan fingerprint density at radius 1 is 1.12 bits per heavy atom. The van der Waals surface area contributed by atoms with E-state index in [2.05, 4.69) is 16.8 Å². The van der Waals surface area contributed by atoms with Gasteiger partial charge in [-0.05, 0) is 42.3 Å². The van der Waals surface area contributed by atoms with E-state index < -0.39 is 12.2 Å². The van der Waals surface area contributed by atoms with E-state index in [0.717, 1.165) is 16.7 Å². The first kappa shape index (κ1) is 23.0. The molecule has 0 spiro atoms. The fourth-order valence-electron chi connectivity index (χ4n) is 3.76. The van der Waals surface area contributed by atoms with Crippen LogP contribution in [0.2, 0.25) is 0 Å². The predicted octanol–water partition coefficient (Wildman–Crippen LogP) is 2.72. The number of ether oxygens (including phenoxy) is 2. The Labute approximate surface area is 193 Å². The molecule has 7 nitrogen and oxygen atoms in total. The number of aromatic nitrogens is 2. The van der Waals surface area contributed by atoms with Gasteiger partial charge >= 0.3 is 0 Å². The smallest absolute Gasteiger partial charge is 0.150 e. The van der Waals surface area contributed by atoms with Crippen LogP contribution in [-0.2, 0) is 4.74 Å². The molecule has 172 valence electrons. The number of rotatable bonds is 7. The molecule has 0 radical (unpaired) electrons. The second kappa shape index (κ2) is 10.6. The lowest BCUT2D eigenvalue weighted by Gasteiger charge is -2.16. The Balaban J connectivity index is 1.45. The van der Waals surface area contributed by atoms with Crippen molar-refractivity contribution in [2.45, 2.75) is 37.7 Å². The molecule has 1 saturated heterocycles. The molecule has 3 aromatic rings. The summed E-state index contributed by atoms with van der Waals surface area (Å²) in [5, 5.41) is 29.2. The average Bonchev–Trinajstić information content (AvgIpc) is 3.47. The average molecular weight is 449 g/mol. The van der Waals surface area contributed by atoms with Crippen LogP contribution < -0.4 is 4.74 Å². The first-order valence-electron chi connectivity index (χ1n) is 11.0. The fraction of sp³-hybridized carbons (Fsp3) is 0.346. The molecule has 2 heterocycles. The SMILES string of the molecule is CC(O)c1nccn1C(C#Cc1ccc(-c2ccc(O[C@@H]3COC[C@H]3O)cc2)cc1)CCO. The second-order valence-electron chi connectivity index (χ2n) is 8.03. The van der Waals surface area contributed by atoms with Crippen molar-refractivity contribution in [2.24, 2.45) is 0 Å². The van der Waals surface area contributed by atoms with E-state index in [1.54, 1.807) is 19.3 Å². The summed E-state index contributed by atoms with van der Waals surface area (Å²) < 4.78 is 12.8. The van der Waals surface area contributed by atoms with E-state index in [4.69, 9.17) is 9.47 Å². The zero-order chi connectivity index (χ0) is 23.2. The van der Waals surface area contributed by atoms with E-state index in [9.17, 15) is 15.3 Å². The fourth-order valence-corrected chi connectivity index (χ4v) is 3.76. The summed E-state index contributed by atoms with van der Waals surface area (Å²) in [7, 11) is 0. The number of imidazole rings is 1. The standard InChI is InChI=1S/C26H28N2O5/c1-18(30)26-27-13-14-28(26)22(12-15-29)9-4-19-2-5-20(6-3-19)21-7-10-23(11-8-21)33-25-17-32-16-24(25)31/h2-3,5-8,10-11,13-14,18,22,24-25,29-31H,12,15-17H2,1H3/t18?,22?,24-,25-/m1/s1. The minimum absolute atomic E-state index is 0.0118. The van der Waals surface area contributed by atoms with Gasteiger partial charge in [0.05, 0.1) is 19.3 Å². The summed E-state index contributed by atoms with van der Waals surface area (Å²) >= 11 is 0. The molecule has 33 heavy (non-hydrogen) atoms. The van der Waals surface area contributed by atoms with Gasteiger partial charge in [-0.15, -0.1) is 0 Å². The van der Waals surface area contributed by atoms with E-state index in [0.29, 0.717) is 31.2 Å². The number of hydrogen-bond donors (Lipinski definition) is 3. The zero-order valence-corrected chi connectivity index (χ0v) is 18.5. The van der Waals surface area contributed by atoms with Gasteiger partial charge in [-0.25, -0.2) is 4.98 Å². The summed E-state index contributed by atoms with van der Waals surface area (Å²) in [5.74, 6) is 7.59. The summed E-state index contributed by atoms with van der Waals surface area (Å²) in [4.78, 5) is 4.19. The van der Waals surface area contributed by atoms with E-state index in [1.807, 2.05) is 53.1 Å². The van der Waals surface area contributed by atoms with Crippen LogP contribution in [0.15, 0.2) is 60.9 Å². The van der Waals surface area contributed by atoms with Gasteiger partial charge in [-0.2, -0.15) is 0 Å². The van der Waals surface area contributed by atoms with Gasteiger partial charge in [-0.3, -0.25) is 0 Å². The highest BCUT2D eigenvalue weighted by molar-refractivity contribution is 5.65. The van der Waals surface area contributed by atoms with Gasteiger partial charge < -0.3 is 29.4 Å². The molecule has 2 unspecified atom stereocenters. The maximum atomic E-state index is 9.92. The van der Waals surface area contributed by atoms with Gasteiger partial charge in [0.15, 0.2) is 0 Å². The van der Waals surface area contributed by atoms with Crippen LogP contribution in [0.3, 0.4) is 0 Å². The van der Waals surface area contributed by atoms with E-state index >= 15 is 0 Å². The van der Waals surface area contributed by atoms with Crippen LogP contribution >= 0.6 is 0 Å². The van der Waals surface area contributed by atoms with Crippen molar-refractivity contribution in [3.05, 3.63) is 72.3 Å². The third-order valence-corrected chi connectivity index (χ3v) is 5.55. The molecule has 0 amide bonds. The molecule has 1 aliphatic rings. The van der Waals surface area contributed by atoms with Crippen molar-refractivity contribution in [2.75, 3.05) is 19.8 Å². The lowest BCUT2D eigenvalue weighted by Crippen LogP contribution is -2.29. The van der Waals surface area contributed by atoms with Crippen LogP contribution in [0, 0.1) is 11.8 Å². The van der Waals surface area contributed by atoms with E-state index in [-0.39, 0.29) is 18.8 Å². The van der Waals surface area contributed by atoms with Crippen LogP contribution in [0.1, 0.15) is 36.9 Å². The van der Waals surface area contributed by atoms with E-state index in [1.165, 1.54) is 0 Å². The third kappa shape index (κ3) is 5.62. The first-order valence-corrected chi connectivity index (χ1v) is 11.0.